The lowest BCUT2D eigenvalue weighted by molar-refractivity contribution is 0.762. The number of nitrogens with two attached hydrogens (primary N) is 1. The SMILES string of the molecule is Cc1cc2sc(=O)n(C)c2cc1-c1nn(C)c(C(N)=S)c1C. The van der Waals surface area contributed by atoms with Gasteiger partial charge < -0.3 is 10.3 Å². The van der Waals surface area contributed by atoms with Crippen LogP contribution in [0, 0.1) is 13.8 Å². The molecule has 0 atom stereocenters. The Hall–Kier alpha value is -1.99. The Morgan fingerprint density at radius 3 is 2.59 bits per heavy atom. The van der Waals surface area contributed by atoms with Gasteiger partial charge in [-0.3, -0.25) is 9.48 Å². The summed E-state index contributed by atoms with van der Waals surface area (Å²) < 4.78 is 4.36. The van der Waals surface area contributed by atoms with E-state index in [4.69, 9.17) is 18.0 Å². The van der Waals surface area contributed by atoms with E-state index in [1.54, 1.807) is 16.3 Å². The lowest BCUT2D eigenvalue weighted by Crippen LogP contribution is -2.15. The Morgan fingerprint density at radius 2 is 2.00 bits per heavy atom. The molecule has 0 radical (unpaired) electrons. The molecule has 22 heavy (non-hydrogen) atoms. The quantitative estimate of drug-likeness (QED) is 0.731. The summed E-state index contributed by atoms with van der Waals surface area (Å²) in [7, 11) is 3.62. The van der Waals surface area contributed by atoms with Crippen molar-refractivity contribution in [1.82, 2.24) is 14.3 Å². The Morgan fingerprint density at radius 1 is 1.32 bits per heavy atom. The van der Waals surface area contributed by atoms with Gasteiger partial charge in [0, 0.05) is 25.2 Å². The van der Waals surface area contributed by atoms with Crippen molar-refractivity contribution in [2.75, 3.05) is 0 Å². The van der Waals surface area contributed by atoms with Crippen molar-refractivity contribution in [2.45, 2.75) is 13.8 Å². The van der Waals surface area contributed by atoms with Crippen molar-refractivity contribution in [2.24, 2.45) is 19.8 Å². The lowest BCUT2D eigenvalue weighted by atomic mass is 10.0. The number of benzene rings is 1. The van der Waals surface area contributed by atoms with Crippen LogP contribution < -0.4 is 10.6 Å². The van der Waals surface area contributed by atoms with Crippen LogP contribution in [0.1, 0.15) is 16.8 Å². The van der Waals surface area contributed by atoms with Gasteiger partial charge in [-0.05, 0) is 31.5 Å². The van der Waals surface area contributed by atoms with E-state index in [9.17, 15) is 4.79 Å². The van der Waals surface area contributed by atoms with E-state index in [-0.39, 0.29) is 4.87 Å². The molecule has 2 aromatic heterocycles. The number of rotatable bonds is 2. The van der Waals surface area contributed by atoms with Gasteiger partial charge in [-0.2, -0.15) is 5.10 Å². The topological polar surface area (TPSA) is 65.8 Å². The first-order chi connectivity index (χ1) is 10.3. The average molecular weight is 332 g/mol. The first-order valence-corrected chi connectivity index (χ1v) is 7.97. The minimum atomic E-state index is 0.0353. The second-order valence-corrected chi connectivity index (χ2v) is 6.80. The first kappa shape index (κ1) is 14.9. The summed E-state index contributed by atoms with van der Waals surface area (Å²) in [6, 6.07) is 4.05. The van der Waals surface area contributed by atoms with E-state index in [2.05, 4.69) is 5.10 Å². The third-order valence-corrected chi connectivity index (χ3v) is 5.10. The number of thiocarbonyl (C=S) groups is 1. The molecule has 0 saturated carbocycles. The smallest absolute Gasteiger partial charge is 0.307 e. The van der Waals surface area contributed by atoms with Gasteiger partial charge in [0.15, 0.2) is 0 Å². The van der Waals surface area contributed by atoms with Crippen LogP contribution in [0.25, 0.3) is 21.5 Å². The molecule has 2 N–H and O–H groups in total. The highest BCUT2D eigenvalue weighted by molar-refractivity contribution is 7.80. The molecule has 7 heteroatoms. The van der Waals surface area contributed by atoms with Crippen LogP contribution in [0.4, 0.5) is 0 Å². The minimum Gasteiger partial charge on any atom is -0.388 e. The number of thiazole rings is 1. The summed E-state index contributed by atoms with van der Waals surface area (Å²) in [4.78, 5) is 12.2. The van der Waals surface area contributed by atoms with E-state index in [0.717, 1.165) is 38.3 Å². The van der Waals surface area contributed by atoms with E-state index < -0.39 is 0 Å². The summed E-state index contributed by atoms with van der Waals surface area (Å²) in [6.45, 7) is 3.99. The fourth-order valence-electron chi connectivity index (χ4n) is 2.76. The Kier molecular flexibility index (Phi) is 3.41. The van der Waals surface area contributed by atoms with Gasteiger partial charge >= 0.3 is 4.87 Å². The zero-order chi connectivity index (χ0) is 16.2. The molecule has 2 heterocycles. The monoisotopic (exact) mass is 332 g/mol. The molecule has 1 aromatic carbocycles. The van der Waals surface area contributed by atoms with E-state index in [0.29, 0.717) is 4.99 Å². The zero-order valence-corrected chi connectivity index (χ0v) is 14.4. The molecule has 0 aliphatic heterocycles. The molecule has 0 unspecified atom stereocenters. The van der Waals surface area contributed by atoms with Crippen molar-refractivity contribution >= 4 is 38.8 Å². The molecule has 0 bridgehead atoms. The van der Waals surface area contributed by atoms with Crippen molar-refractivity contribution in [3.8, 4) is 11.3 Å². The van der Waals surface area contributed by atoms with Gasteiger partial charge in [0.2, 0.25) is 0 Å². The van der Waals surface area contributed by atoms with Gasteiger partial charge in [-0.1, -0.05) is 23.6 Å². The third kappa shape index (κ3) is 2.08. The molecule has 5 nitrogen and oxygen atoms in total. The van der Waals surface area contributed by atoms with Crippen molar-refractivity contribution in [3.63, 3.8) is 0 Å². The molecular formula is C15H16N4OS2. The van der Waals surface area contributed by atoms with Crippen LogP contribution in [-0.2, 0) is 14.1 Å². The zero-order valence-electron chi connectivity index (χ0n) is 12.8. The van der Waals surface area contributed by atoms with Crippen molar-refractivity contribution in [3.05, 3.63) is 38.6 Å². The number of hydrogen-bond acceptors (Lipinski definition) is 4. The molecule has 114 valence electrons. The molecule has 3 aromatic rings. The summed E-state index contributed by atoms with van der Waals surface area (Å²) in [5, 5.41) is 4.57. The van der Waals surface area contributed by atoms with Gasteiger partial charge in [0.05, 0.1) is 21.6 Å². The van der Waals surface area contributed by atoms with E-state index in [1.807, 2.05) is 33.0 Å². The first-order valence-electron chi connectivity index (χ1n) is 6.75. The molecular weight excluding hydrogens is 316 g/mol. The van der Waals surface area contributed by atoms with Gasteiger partial charge in [0.25, 0.3) is 0 Å². The maximum absolute atomic E-state index is 11.8. The largest absolute Gasteiger partial charge is 0.388 e. The van der Waals surface area contributed by atoms with E-state index in [1.165, 1.54) is 11.3 Å². The number of aryl methyl sites for hydroxylation is 3. The molecule has 3 rings (SSSR count). The van der Waals surface area contributed by atoms with Crippen LogP contribution >= 0.6 is 23.6 Å². The normalized spacial score (nSPS) is 11.3. The van der Waals surface area contributed by atoms with E-state index >= 15 is 0 Å². The average Bonchev–Trinajstić information content (AvgIpc) is 2.86. The number of fused-ring (bicyclic) bond motifs is 1. The van der Waals surface area contributed by atoms with Crippen LogP contribution in [0.3, 0.4) is 0 Å². The summed E-state index contributed by atoms with van der Waals surface area (Å²) in [6.07, 6.45) is 0. The second kappa shape index (κ2) is 5.03. The maximum atomic E-state index is 11.8. The number of nitrogens with zero attached hydrogens (tertiary/aromatic N) is 3. The van der Waals surface area contributed by atoms with Crippen LogP contribution in [-0.4, -0.2) is 19.3 Å². The van der Waals surface area contributed by atoms with Gasteiger partial charge in [0.1, 0.15) is 4.99 Å². The molecule has 0 aliphatic carbocycles. The summed E-state index contributed by atoms with van der Waals surface area (Å²) in [5.41, 5.74) is 11.3. The minimum absolute atomic E-state index is 0.0353. The third-order valence-electron chi connectivity index (χ3n) is 3.91. The predicted molar refractivity (Wildman–Crippen MR) is 94.6 cm³/mol. The Balaban J connectivity index is 2.33. The highest BCUT2D eigenvalue weighted by atomic mass is 32.1. The highest BCUT2D eigenvalue weighted by Crippen LogP contribution is 2.31. The predicted octanol–water partition coefficient (Wildman–Crippen LogP) is 2.25. The van der Waals surface area contributed by atoms with Crippen molar-refractivity contribution < 1.29 is 0 Å². The summed E-state index contributed by atoms with van der Waals surface area (Å²) >= 11 is 6.36. The molecule has 0 fully saturated rings. The maximum Gasteiger partial charge on any atom is 0.307 e. The standard InChI is InChI=1S/C15H16N4OS2/c1-7-5-11-10(18(3)15(20)22-11)6-9(7)12-8(2)13(14(16)21)19(4)17-12/h5-6H,1-4H3,(H2,16,21). The van der Waals surface area contributed by atoms with Gasteiger partial charge in [-0.15, -0.1) is 0 Å². The van der Waals surface area contributed by atoms with Crippen LogP contribution in [0.5, 0.6) is 0 Å². The molecule has 0 spiro atoms. The number of hydrogen-bond donors (Lipinski definition) is 1. The highest BCUT2D eigenvalue weighted by Gasteiger charge is 2.18. The Labute approximate surface area is 137 Å². The molecule has 0 saturated heterocycles. The fourth-order valence-corrected chi connectivity index (χ4v) is 4.00. The van der Waals surface area contributed by atoms with Crippen molar-refractivity contribution in [1.29, 1.82) is 0 Å². The molecule has 0 amide bonds. The summed E-state index contributed by atoms with van der Waals surface area (Å²) in [5.74, 6) is 0. The fraction of sp³-hybridized carbons (Fsp3) is 0.267. The second-order valence-electron chi connectivity index (χ2n) is 5.37. The van der Waals surface area contributed by atoms with Gasteiger partial charge in [-0.25, -0.2) is 0 Å². The Bertz CT molecular complexity index is 978. The lowest BCUT2D eigenvalue weighted by Gasteiger charge is -2.06. The number of aromatic nitrogens is 3. The molecule has 0 aliphatic rings. The van der Waals surface area contributed by atoms with Crippen LogP contribution in [0.15, 0.2) is 16.9 Å². The van der Waals surface area contributed by atoms with Crippen LogP contribution in [0.2, 0.25) is 0 Å².